The van der Waals surface area contributed by atoms with Gasteiger partial charge in [-0.15, -0.1) is 0 Å². The molecule has 0 saturated carbocycles. The molecule has 2 atom stereocenters. The van der Waals surface area contributed by atoms with Gasteiger partial charge in [-0.25, -0.2) is 0 Å². The highest BCUT2D eigenvalue weighted by Crippen LogP contribution is 2.28. The Bertz CT molecular complexity index is 587. The van der Waals surface area contributed by atoms with E-state index in [2.05, 4.69) is 30.3 Å². The van der Waals surface area contributed by atoms with Crippen LogP contribution in [0.25, 0.3) is 0 Å². The first kappa shape index (κ1) is 18.0. The van der Waals surface area contributed by atoms with Crippen molar-refractivity contribution in [2.75, 3.05) is 19.6 Å². The molecule has 2 fully saturated rings. The van der Waals surface area contributed by atoms with Crippen LogP contribution in [-0.4, -0.2) is 47.3 Å². The van der Waals surface area contributed by atoms with Crippen molar-refractivity contribution in [2.24, 2.45) is 0 Å². The summed E-state index contributed by atoms with van der Waals surface area (Å²) in [4.78, 5) is 28.6. The molecule has 0 radical (unpaired) electrons. The second-order valence-electron chi connectivity index (χ2n) is 7.49. The molecule has 0 unspecified atom stereocenters. The lowest BCUT2D eigenvalue weighted by Crippen LogP contribution is -2.46. The molecule has 4 heteroatoms. The van der Waals surface area contributed by atoms with E-state index in [9.17, 15) is 9.59 Å². The predicted molar refractivity (Wildman–Crippen MR) is 99.3 cm³/mol. The van der Waals surface area contributed by atoms with E-state index in [-0.39, 0.29) is 17.9 Å². The molecule has 0 aromatic heterocycles. The second kappa shape index (κ2) is 8.50. The molecule has 0 bridgehead atoms. The molecule has 1 aromatic rings. The number of carbonyl (C=O) groups is 2. The fourth-order valence-corrected chi connectivity index (χ4v) is 4.36. The molecule has 2 aliphatic heterocycles. The summed E-state index contributed by atoms with van der Waals surface area (Å²) in [6, 6.07) is 10.8. The molecule has 0 aliphatic carbocycles. The zero-order valence-electron chi connectivity index (χ0n) is 15.3. The first-order chi connectivity index (χ1) is 12.1. The van der Waals surface area contributed by atoms with Gasteiger partial charge in [0.1, 0.15) is 0 Å². The van der Waals surface area contributed by atoms with Gasteiger partial charge in [0.2, 0.25) is 11.8 Å². The van der Waals surface area contributed by atoms with E-state index in [0.717, 1.165) is 58.2 Å². The van der Waals surface area contributed by atoms with E-state index >= 15 is 0 Å². The van der Waals surface area contributed by atoms with Crippen molar-refractivity contribution in [1.82, 2.24) is 9.80 Å². The Morgan fingerprint density at radius 1 is 0.960 bits per heavy atom. The van der Waals surface area contributed by atoms with Crippen LogP contribution in [0, 0.1) is 0 Å². The van der Waals surface area contributed by atoms with Crippen LogP contribution >= 0.6 is 0 Å². The smallest absolute Gasteiger partial charge is 0.224 e. The van der Waals surface area contributed by atoms with Crippen molar-refractivity contribution in [2.45, 2.75) is 63.8 Å². The highest BCUT2D eigenvalue weighted by molar-refractivity contribution is 5.79. The molecule has 2 saturated heterocycles. The van der Waals surface area contributed by atoms with Gasteiger partial charge in [-0.1, -0.05) is 30.3 Å². The van der Waals surface area contributed by atoms with E-state index in [1.165, 1.54) is 5.56 Å². The summed E-state index contributed by atoms with van der Waals surface area (Å²) in [5, 5.41) is 0. The molecule has 0 spiro atoms. The minimum Gasteiger partial charge on any atom is -0.343 e. The molecule has 1 aromatic carbocycles. The van der Waals surface area contributed by atoms with Gasteiger partial charge in [-0.2, -0.15) is 0 Å². The topological polar surface area (TPSA) is 40.6 Å². The van der Waals surface area contributed by atoms with Gasteiger partial charge < -0.3 is 9.80 Å². The van der Waals surface area contributed by atoms with Crippen LogP contribution in [0.3, 0.4) is 0 Å². The van der Waals surface area contributed by atoms with Crippen molar-refractivity contribution < 1.29 is 9.59 Å². The third kappa shape index (κ3) is 4.62. The summed E-state index contributed by atoms with van der Waals surface area (Å²) in [6.07, 6.45) is 6.89. The molecular formula is C21H30N2O2. The predicted octanol–water partition coefficient (Wildman–Crippen LogP) is 3.57. The number of benzene rings is 1. The molecule has 136 valence electrons. The van der Waals surface area contributed by atoms with E-state index in [1.807, 2.05) is 9.80 Å². The number of likely N-dealkylation sites (tertiary alicyclic amines) is 2. The average Bonchev–Trinajstić information content (AvgIpc) is 2.89. The number of hydrogen-bond acceptors (Lipinski definition) is 2. The van der Waals surface area contributed by atoms with Crippen molar-refractivity contribution in [3.63, 3.8) is 0 Å². The first-order valence-electron chi connectivity index (χ1n) is 9.75. The van der Waals surface area contributed by atoms with Crippen LogP contribution in [0.5, 0.6) is 0 Å². The zero-order valence-corrected chi connectivity index (χ0v) is 15.3. The van der Waals surface area contributed by atoms with Crippen molar-refractivity contribution in [3.8, 4) is 0 Å². The summed E-state index contributed by atoms with van der Waals surface area (Å²) in [5.74, 6) is 0.895. The first-order valence-corrected chi connectivity index (χ1v) is 9.75. The zero-order chi connectivity index (χ0) is 17.6. The Kier molecular flexibility index (Phi) is 6.11. The third-order valence-electron chi connectivity index (χ3n) is 5.79. The van der Waals surface area contributed by atoms with Crippen molar-refractivity contribution >= 4 is 11.8 Å². The van der Waals surface area contributed by atoms with Crippen LogP contribution in [-0.2, 0) is 9.59 Å². The summed E-state index contributed by atoms with van der Waals surface area (Å²) in [5.41, 5.74) is 1.40. The number of carbonyl (C=O) groups excluding carboxylic acids is 2. The summed E-state index contributed by atoms with van der Waals surface area (Å²) < 4.78 is 0. The maximum absolute atomic E-state index is 12.8. The highest BCUT2D eigenvalue weighted by atomic mass is 16.2. The normalized spacial score (nSPS) is 24.7. The molecular weight excluding hydrogens is 312 g/mol. The molecule has 2 amide bonds. The Balaban J connectivity index is 1.56. The maximum atomic E-state index is 12.8. The van der Waals surface area contributed by atoms with Gasteiger partial charge >= 0.3 is 0 Å². The van der Waals surface area contributed by atoms with E-state index in [1.54, 1.807) is 6.92 Å². The summed E-state index contributed by atoms with van der Waals surface area (Å²) >= 11 is 0. The van der Waals surface area contributed by atoms with E-state index in [4.69, 9.17) is 0 Å². The fourth-order valence-electron chi connectivity index (χ4n) is 4.36. The number of amides is 2. The van der Waals surface area contributed by atoms with E-state index in [0.29, 0.717) is 12.3 Å². The highest BCUT2D eigenvalue weighted by Gasteiger charge is 2.29. The Hall–Kier alpha value is -1.84. The minimum absolute atomic E-state index is 0.104. The van der Waals surface area contributed by atoms with Crippen LogP contribution in [0.4, 0.5) is 0 Å². The van der Waals surface area contributed by atoms with Gasteiger partial charge in [-0.3, -0.25) is 9.59 Å². The lowest BCUT2D eigenvalue weighted by Gasteiger charge is -2.36. The average molecular weight is 342 g/mol. The second-order valence-corrected chi connectivity index (χ2v) is 7.49. The lowest BCUT2D eigenvalue weighted by molar-refractivity contribution is -0.137. The van der Waals surface area contributed by atoms with Crippen LogP contribution < -0.4 is 0 Å². The Morgan fingerprint density at radius 2 is 1.76 bits per heavy atom. The van der Waals surface area contributed by atoms with Gasteiger partial charge in [0.15, 0.2) is 0 Å². The van der Waals surface area contributed by atoms with Gasteiger partial charge in [0.05, 0.1) is 0 Å². The van der Waals surface area contributed by atoms with Crippen LogP contribution in [0.1, 0.15) is 63.4 Å². The van der Waals surface area contributed by atoms with Crippen molar-refractivity contribution in [1.29, 1.82) is 0 Å². The number of nitrogens with zero attached hydrogens (tertiary/aromatic N) is 2. The summed E-state index contributed by atoms with van der Waals surface area (Å²) in [6.45, 7) is 4.13. The Morgan fingerprint density at radius 3 is 2.52 bits per heavy atom. The summed E-state index contributed by atoms with van der Waals surface area (Å²) in [7, 11) is 0. The van der Waals surface area contributed by atoms with Gasteiger partial charge in [0, 0.05) is 39.0 Å². The number of piperidine rings is 1. The molecule has 3 rings (SSSR count). The third-order valence-corrected chi connectivity index (χ3v) is 5.79. The molecule has 0 N–H and O–H groups in total. The van der Waals surface area contributed by atoms with Gasteiger partial charge in [-0.05, 0) is 50.0 Å². The Labute approximate surface area is 151 Å². The number of hydrogen-bond donors (Lipinski definition) is 0. The van der Waals surface area contributed by atoms with Crippen LogP contribution in [0.2, 0.25) is 0 Å². The SMILES string of the molecule is CC(=O)N1CCCC[C@H]1CC(=O)N1CCC[C@@H](c2ccccc2)CC1. The number of rotatable bonds is 3. The maximum Gasteiger partial charge on any atom is 0.224 e. The molecule has 4 nitrogen and oxygen atoms in total. The van der Waals surface area contributed by atoms with Crippen molar-refractivity contribution in [3.05, 3.63) is 35.9 Å². The largest absolute Gasteiger partial charge is 0.343 e. The fraction of sp³-hybridized carbons (Fsp3) is 0.619. The molecule has 2 aliphatic rings. The van der Waals surface area contributed by atoms with Crippen LogP contribution in [0.15, 0.2) is 30.3 Å². The lowest BCUT2D eigenvalue weighted by atomic mass is 9.92. The monoisotopic (exact) mass is 342 g/mol. The molecule has 2 heterocycles. The minimum atomic E-state index is 0.104. The van der Waals surface area contributed by atoms with Gasteiger partial charge in [0.25, 0.3) is 0 Å². The van der Waals surface area contributed by atoms with E-state index < -0.39 is 0 Å². The molecule has 25 heavy (non-hydrogen) atoms. The quantitative estimate of drug-likeness (QED) is 0.842. The standard InChI is InChI=1S/C21H30N2O2/c1-17(24)23-14-6-5-11-20(23)16-21(25)22-13-7-10-19(12-15-22)18-8-3-2-4-9-18/h2-4,8-9,19-20H,5-7,10-16H2,1H3/t19-,20+/m1/s1.